The summed E-state index contributed by atoms with van der Waals surface area (Å²) in [6, 6.07) is 7.66. The van der Waals surface area contributed by atoms with E-state index in [0.29, 0.717) is 48.5 Å². The summed E-state index contributed by atoms with van der Waals surface area (Å²) < 4.78 is 5.35. The molecule has 0 aliphatic carbocycles. The number of benzene rings is 1. The van der Waals surface area contributed by atoms with Gasteiger partial charge in [-0.05, 0) is 24.2 Å². The number of aliphatic imine (C=N–C) groups is 1. The third kappa shape index (κ3) is 2.77. The second-order valence-electron chi connectivity index (χ2n) is 6.08. The molecular weight excluding hydrogens is 338 g/mol. The lowest BCUT2D eigenvalue weighted by atomic mass is 10.1. The zero-order valence-electron chi connectivity index (χ0n) is 14.0. The molecule has 3 aliphatic rings. The number of carbonyl (C=O) groups is 2. The summed E-state index contributed by atoms with van der Waals surface area (Å²) in [5.41, 5.74) is 2.20. The summed E-state index contributed by atoms with van der Waals surface area (Å²) in [5.74, 6) is -0.416. The minimum Gasteiger partial charge on any atom is -0.378 e. The Labute approximate surface area is 150 Å². The van der Waals surface area contributed by atoms with Crippen LogP contribution in [0.15, 0.2) is 34.2 Å². The van der Waals surface area contributed by atoms with Crippen LogP contribution >= 0.6 is 11.8 Å². The zero-order chi connectivity index (χ0) is 17.4. The van der Waals surface area contributed by atoms with E-state index in [1.165, 1.54) is 11.8 Å². The van der Waals surface area contributed by atoms with Crippen molar-refractivity contribution in [1.82, 2.24) is 4.90 Å². The molecule has 1 aromatic rings. The molecule has 1 aromatic carbocycles. The van der Waals surface area contributed by atoms with Gasteiger partial charge in [0, 0.05) is 25.2 Å². The minimum absolute atomic E-state index is 0.0997. The van der Waals surface area contributed by atoms with Gasteiger partial charge in [-0.1, -0.05) is 25.1 Å². The van der Waals surface area contributed by atoms with Gasteiger partial charge < -0.3 is 14.5 Å². The van der Waals surface area contributed by atoms with Crippen LogP contribution < -0.4 is 4.90 Å². The first-order chi connectivity index (χ1) is 12.2. The Morgan fingerprint density at radius 3 is 2.72 bits per heavy atom. The Balaban J connectivity index is 1.71. The molecule has 0 saturated carbocycles. The van der Waals surface area contributed by atoms with Gasteiger partial charge in [0.1, 0.15) is 0 Å². The smallest absolute Gasteiger partial charge is 0.287 e. The van der Waals surface area contributed by atoms with Crippen LogP contribution in [0.25, 0.3) is 5.57 Å². The summed E-state index contributed by atoms with van der Waals surface area (Å²) in [6.45, 7) is 5.37. The highest BCUT2D eigenvalue weighted by atomic mass is 32.2. The van der Waals surface area contributed by atoms with Crippen molar-refractivity contribution in [3.05, 3.63) is 34.7 Å². The maximum atomic E-state index is 13.0. The Bertz CT molecular complexity index is 797. The number of anilines is 1. The van der Waals surface area contributed by atoms with E-state index in [2.05, 4.69) is 9.89 Å². The molecule has 130 valence electrons. The first-order valence-corrected chi connectivity index (χ1v) is 9.31. The van der Waals surface area contributed by atoms with Gasteiger partial charge in [-0.2, -0.15) is 4.99 Å². The second kappa shape index (κ2) is 6.65. The molecule has 3 aliphatic heterocycles. The van der Waals surface area contributed by atoms with Gasteiger partial charge in [0.2, 0.25) is 0 Å². The van der Waals surface area contributed by atoms with Gasteiger partial charge in [-0.25, -0.2) is 0 Å². The van der Waals surface area contributed by atoms with E-state index >= 15 is 0 Å². The average molecular weight is 357 g/mol. The number of hydrogen-bond donors (Lipinski definition) is 0. The van der Waals surface area contributed by atoms with Crippen LogP contribution in [0.3, 0.4) is 0 Å². The number of amides is 2. The van der Waals surface area contributed by atoms with Crippen LogP contribution in [0.4, 0.5) is 5.69 Å². The highest BCUT2D eigenvalue weighted by molar-refractivity contribution is 8.18. The van der Waals surface area contributed by atoms with Crippen molar-refractivity contribution >= 4 is 40.0 Å². The molecule has 0 spiro atoms. The lowest BCUT2D eigenvalue weighted by Crippen LogP contribution is -2.38. The van der Waals surface area contributed by atoms with Crippen molar-refractivity contribution in [1.29, 1.82) is 0 Å². The van der Waals surface area contributed by atoms with Crippen LogP contribution in [-0.4, -0.2) is 54.7 Å². The van der Waals surface area contributed by atoms with Crippen molar-refractivity contribution in [2.24, 2.45) is 4.99 Å². The van der Waals surface area contributed by atoms with Gasteiger partial charge >= 0.3 is 0 Å². The number of rotatable bonds is 2. The standard InChI is InChI=1S/C18H19N3O3S/c1-2-7-21-13-6-4-3-5-12(13)14(17(21)23)15-16(22)19-18(25-15)20-8-10-24-11-9-20/h3-6H,2,7-11H2,1H3/b15-14+. The van der Waals surface area contributed by atoms with Gasteiger partial charge in [0.05, 0.1) is 29.4 Å². The molecule has 0 N–H and O–H groups in total. The van der Waals surface area contributed by atoms with E-state index in [9.17, 15) is 9.59 Å². The molecule has 25 heavy (non-hydrogen) atoms. The Morgan fingerprint density at radius 2 is 1.96 bits per heavy atom. The van der Waals surface area contributed by atoms with Gasteiger partial charge in [-0.3, -0.25) is 9.59 Å². The predicted octanol–water partition coefficient (Wildman–Crippen LogP) is 2.12. The molecule has 6 nitrogen and oxygen atoms in total. The molecule has 4 rings (SSSR count). The molecule has 0 radical (unpaired) electrons. The number of nitrogens with zero attached hydrogens (tertiary/aromatic N) is 3. The molecule has 2 amide bonds. The third-order valence-corrected chi connectivity index (χ3v) is 5.58. The highest BCUT2D eigenvalue weighted by Gasteiger charge is 2.39. The number of para-hydroxylation sites is 1. The molecule has 3 heterocycles. The molecule has 7 heteroatoms. The number of fused-ring (bicyclic) bond motifs is 1. The minimum atomic E-state index is -0.317. The van der Waals surface area contributed by atoms with Crippen molar-refractivity contribution in [2.75, 3.05) is 37.7 Å². The maximum absolute atomic E-state index is 13.0. The van der Waals surface area contributed by atoms with E-state index in [4.69, 9.17) is 4.74 Å². The molecule has 0 aromatic heterocycles. The van der Waals surface area contributed by atoms with E-state index in [1.807, 2.05) is 31.2 Å². The second-order valence-corrected chi connectivity index (χ2v) is 7.06. The Morgan fingerprint density at radius 1 is 1.20 bits per heavy atom. The molecule has 0 unspecified atom stereocenters. The Hall–Kier alpha value is -2.12. The van der Waals surface area contributed by atoms with Gasteiger partial charge in [0.15, 0.2) is 5.17 Å². The predicted molar refractivity (Wildman–Crippen MR) is 98.4 cm³/mol. The number of morpholine rings is 1. The molecule has 1 fully saturated rings. The average Bonchev–Trinajstić information content (AvgIpc) is 3.14. The molecule has 0 atom stereocenters. The van der Waals surface area contributed by atoms with E-state index in [1.54, 1.807) is 4.90 Å². The normalized spacial score (nSPS) is 23.3. The summed E-state index contributed by atoms with van der Waals surface area (Å²) in [6.07, 6.45) is 0.860. The SMILES string of the molecule is CCCN1C(=O)/C(=C2/SC(N3CCOCC3)=NC2=O)c2ccccc21. The third-order valence-electron chi connectivity index (χ3n) is 4.46. The fourth-order valence-corrected chi connectivity index (χ4v) is 4.34. The van der Waals surface area contributed by atoms with Crippen LogP contribution in [0.1, 0.15) is 18.9 Å². The van der Waals surface area contributed by atoms with Gasteiger partial charge in [-0.15, -0.1) is 0 Å². The lowest BCUT2D eigenvalue weighted by Gasteiger charge is -2.27. The molecule has 0 bridgehead atoms. The topological polar surface area (TPSA) is 62.2 Å². The van der Waals surface area contributed by atoms with Crippen molar-refractivity contribution in [2.45, 2.75) is 13.3 Å². The van der Waals surface area contributed by atoms with Gasteiger partial charge in [0.25, 0.3) is 11.8 Å². The number of hydrogen-bond acceptors (Lipinski definition) is 5. The largest absolute Gasteiger partial charge is 0.378 e. The van der Waals surface area contributed by atoms with E-state index < -0.39 is 0 Å². The first kappa shape index (κ1) is 16.4. The van der Waals surface area contributed by atoms with Crippen LogP contribution in [0, 0.1) is 0 Å². The lowest BCUT2D eigenvalue weighted by molar-refractivity contribution is -0.115. The van der Waals surface area contributed by atoms with Crippen LogP contribution in [0.5, 0.6) is 0 Å². The summed E-state index contributed by atoms with van der Waals surface area (Å²) in [7, 11) is 0. The quantitative estimate of drug-likeness (QED) is 0.759. The summed E-state index contributed by atoms with van der Waals surface area (Å²) in [4.78, 5) is 34.0. The van der Waals surface area contributed by atoms with Crippen LogP contribution in [0.2, 0.25) is 0 Å². The summed E-state index contributed by atoms with van der Waals surface area (Å²) >= 11 is 1.31. The Kier molecular flexibility index (Phi) is 4.35. The number of amidine groups is 1. The molecule has 1 saturated heterocycles. The fraction of sp³-hybridized carbons (Fsp3) is 0.389. The zero-order valence-corrected chi connectivity index (χ0v) is 14.8. The molecular formula is C18H19N3O3S. The number of ether oxygens (including phenoxy) is 1. The highest BCUT2D eigenvalue weighted by Crippen LogP contribution is 2.43. The number of thioether (sulfide) groups is 1. The van der Waals surface area contributed by atoms with Crippen LogP contribution in [-0.2, 0) is 14.3 Å². The van der Waals surface area contributed by atoms with E-state index in [0.717, 1.165) is 17.7 Å². The first-order valence-electron chi connectivity index (χ1n) is 8.50. The maximum Gasteiger partial charge on any atom is 0.287 e. The van der Waals surface area contributed by atoms with Crippen molar-refractivity contribution in [3.8, 4) is 0 Å². The van der Waals surface area contributed by atoms with Crippen molar-refractivity contribution < 1.29 is 14.3 Å². The monoisotopic (exact) mass is 357 g/mol. The van der Waals surface area contributed by atoms with Crippen molar-refractivity contribution in [3.63, 3.8) is 0 Å². The fourth-order valence-electron chi connectivity index (χ4n) is 3.29. The summed E-state index contributed by atoms with van der Waals surface area (Å²) in [5, 5.41) is 0.676. The number of carbonyl (C=O) groups excluding carboxylic acids is 2. The van der Waals surface area contributed by atoms with E-state index in [-0.39, 0.29) is 11.8 Å².